The van der Waals surface area contributed by atoms with Gasteiger partial charge in [0.05, 0.1) is 17.2 Å². The van der Waals surface area contributed by atoms with Gasteiger partial charge in [-0.05, 0) is 79.9 Å². The van der Waals surface area contributed by atoms with E-state index in [1.165, 1.54) is 11.8 Å². The summed E-state index contributed by atoms with van der Waals surface area (Å²) in [5, 5.41) is 3.34. The second kappa shape index (κ2) is 11.8. The van der Waals surface area contributed by atoms with Crippen LogP contribution in [0.25, 0.3) is 6.08 Å². The molecule has 0 radical (unpaired) electrons. The molecule has 190 valence electrons. The maximum atomic E-state index is 13.1. The Morgan fingerprint density at radius 3 is 2.65 bits per heavy atom. The highest BCUT2D eigenvalue weighted by molar-refractivity contribution is 8.27. The lowest BCUT2D eigenvalue weighted by atomic mass is 10.1. The number of carbonyl (C=O) groups excluding carboxylic acids is 2. The normalized spacial score (nSPS) is 14.3. The van der Waals surface area contributed by atoms with Crippen LogP contribution in [0.3, 0.4) is 0 Å². The molecular weight excluding hydrogens is 528 g/mol. The number of nitrogens with one attached hydrogen (secondary N) is 1. The van der Waals surface area contributed by atoms with Crippen molar-refractivity contribution in [2.75, 3.05) is 23.4 Å². The lowest BCUT2D eigenvalue weighted by Crippen LogP contribution is -2.27. The maximum Gasteiger partial charge on any atom is 0.270 e. The third kappa shape index (κ3) is 6.52. The number of hydrogen-bond acceptors (Lipinski definition) is 6. The van der Waals surface area contributed by atoms with E-state index in [2.05, 4.69) is 5.32 Å². The number of carbonyl (C=O) groups is 2. The van der Waals surface area contributed by atoms with Gasteiger partial charge in [0.15, 0.2) is 22.4 Å². The molecule has 4 rings (SSSR count). The highest BCUT2D eigenvalue weighted by atomic mass is 35.5. The van der Waals surface area contributed by atoms with Crippen LogP contribution in [-0.2, 0) is 9.59 Å². The summed E-state index contributed by atoms with van der Waals surface area (Å²) < 4.78 is 12.0. The molecule has 37 heavy (non-hydrogen) atoms. The Balaban J connectivity index is 1.48. The number of anilines is 2. The highest BCUT2D eigenvalue weighted by Crippen LogP contribution is 2.37. The molecule has 6 nitrogen and oxygen atoms in total. The molecule has 1 fully saturated rings. The zero-order valence-corrected chi connectivity index (χ0v) is 22.9. The molecule has 0 aliphatic carbocycles. The van der Waals surface area contributed by atoms with Crippen molar-refractivity contribution < 1.29 is 19.1 Å². The molecule has 1 aliphatic rings. The lowest BCUT2D eigenvalue weighted by Gasteiger charge is -2.15. The van der Waals surface area contributed by atoms with Gasteiger partial charge in [-0.25, -0.2) is 0 Å². The first-order valence-corrected chi connectivity index (χ1v) is 13.2. The van der Waals surface area contributed by atoms with Crippen LogP contribution < -0.4 is 19.7 Å². The number of rotatable bonds is 8. The predicted octanol–water partition coefficient (Wildman–Crippen LogP) is 6.78. The van der Waals surface area contributed by atoms with E-state index in [1.807, 2.05) is 51.1 Å². The number of benzene rings is 3. The van der Waals surface area contributed by atoms with E-state index in [4.69, 9.17) is 33.3 Å². The van der Waals surface area contributed by atoms with E-state index < -0.39 is 0 Å². The Kier molecular flexibility index (Phi) is 8.53. The van der Waals surface area contributed by atoms with Crippen molar-refractivity contribution in [3.63, 3.8) is 0 Å². The number of ether oxygens (including phenoxy) is 2. The topological polar surface area (TPSA) is 67.9 Å². The summed E-state index contributed by atoms with van der Waals surface area (Å²) in [6.07, 6.45) is 1.77. The van der Waals surface area contributed by atoms with Gasteiger partial charge < -0.3 is 14.8 Å². The van der Waals surface area contributed by atoms with Crippen molar-refractivity contribution in [3.8, 4) is 11.5 Å². The van der Waals surface area contributed by atoms with Crippen LogP contribution in [0.1, 0.15) is 23.6 Å². The van der Waals surface area contributed by atoms with Crippen LogP contribution >= 0.6 is 35.6 Å². The lowest BCUT2D eigenvalue weighted by molar-refractivity contribution is -0.118. The van der Waals surface area contributed by atoms with Crippen molar-refractivity contribution in [2.24, 2.45) is 0 Å². The van der Waals surface area contributed by atoms with Crippen LogP contribution in [0.5, 0.6) is 11.5 Å². The fraction of sp³-hybridized carbons (Fsp3) is 0.179. The van der Waals surface area contributed by atoms with E-state index in [9.17, 15) is 9.59 Å². The molecule has 0 spiro atoms. The van der Waals surface area contributed by atoms with Gasteiger partial charge in [-0.15, -0.1) is 0 Å². The molecule has 3 aromatic carbocycles. The van der Waals surface area contributed by atoms with E-state index in [0.29, 0.717) is 38.0 Å². The molecule has 0 saturated carbocycles. The van der Waals surface area contributed by atoms with Crippen molar-refractivity contribution in [1.82, 2.24) is 0 Å². The third-order valence-corrected chi connectivity index (χ3v) is 6.99. The van der Waals surface area contributed by atoms with E-state index in [1.54, 1.807) is 41.3 Å². The molecule has 0 bridgehead atoms. The van der Waals surface area contributed by atoms with Gasteiger partial charge in [0, 0.05) is 10.7 Å². The second-order valence-corrected chi connectivity index (χ2v) is 10.4. The smallest absolute Gasteiger partial charge is 0.270 e. The van der Waals surface area contributed by atoms with Crippen LogP contribution in [0.15, 0.2) is 65.6 Å². The summed E-state index contributed by atoms with van der Waals surface area (Å²) in [7, 11) is 0. The second-order valence-electron chi connectivity index (χ2n) is 8.29. The molecule has 2 amide bonds. The Morgan fingerprint density at radius 1 is 1.08 bits per heavy atom. The highest BCUT2D eigenvalue weighted by Gasteiger charge is 2.33. The number of thioether (sulfide) groups is 1. The number of aryl methyl sites for hydroxylation is 2. The molecule has 0 atom stereocenters. The first kappa shape index (κ1) is 26.7. The van der Waals surface area contributed by atoms with E-state index >= 15 is 0 Å². The number of halogens is 1. The van der Waals surface area contributed by atoms with Gasteiger partial charge in [0.25, 0.3) is 11.8 Å². The van der Waals surface area contributed by atoms with Crippen molar-refractivity contribution in [2.45, 2.75) is 20.8 Å². The third-order valence-electron chi connectivity index (χ3n) is 5.45. The Morgan fingerprint density at radius 2 is 1.89 bits per heavy atom. The monoisotopic (exact) mass is 552 g/mol. The molecule has 3 aromatic rings. The molecule has 1 heterocycles. The van der Waals surface area contributed by atoms with Crippen molar-refractivity contribution in [3.05, 3.63) is 87.3 Å². The summed E-state index contributed by atoms with van der Waals surface area (Å²) in [6, 6.07) is 18.2. The minimum absolute atomic E-state index is 0.174. The fourth-order valence-electron chi connectivity index (χ4n) is 3.67. The zero-order valence-electron chi connectivity index (χ0n) is 20.5. The first-order chi connectivity index (χ1) is 17.7. The SMILES string of the molecule is CCOc1cc(/C=C2\SC(=S)N(c3cccc(C)c3)C2=O)ccc1OCC(=O)Nc1cc(Cl)ccc1C. The Labute approximate surface area is 230 Å². The standard InChI is InChI=1S/C28H25ClN2O4S2/c1-4-34-24-13-19(14-25-27(33)31(28(36)37-25)21-7-5-6-17(2)12-21)9-11-23(24)35-16-26(32)30-22-15-20(29)10-8-18(22)3/h5-15H,4,16H2,1-3H3,(H,30,32)/b25-14-. The summed E-state index contributed by atoms with van der Waals surface area (Å²) in [6.45, 7) is 5.91. The summed E-state index contributed by atoms with van der Waals surface area (Å²) in [5.74, 6) is 0.394. The van der Waals surface area contributed by atoms with Gasteiger partial charge in [-0.1, -0.05) is 59.8 Å². The van der Waals surface area contributed by atoms with Crippen LogP contribution in [0, 0.1) is 13.8 Å². The minimum Gasteiger partial charge on any atom is -0.490 e. The number of thiocarbonyl (C=S) groups is 1. The van der Waals surface area contributed by atoms with E-state index in [-0.39, 0.29) is 18.4 Å². The Hall–Kier alpha value is -3.33. The van der Waals surface area contributed by atoms with Gasteiger partial charge in [-0.2, -0.15) is 0 Å². The predicted molar refractivity (Wildman–Crippen MR) is 155 cm³/mol. The molecule has 1 saturated heterocycles. The van der Waals surface area contributed by atoms with Crippen LogP contribution in [-0.4, -0.2) is 29.3 Å². The average molecular weight is 553 g/mol. The molecule has 9 heteroatoms. The summed E-state index contributed by atoms with van der Waals surface area (Å²) in [4.78, 5) is 27.6. The quantitative estimate of drug-likeness (QED) is 0.245. The summed E-state index contributed by atoms with van der Waals surface area (Å²) >= 11 is 12.8. The maximum absolute atomic E-state index is 13.1. The molecule has 1 N–H and O–H groups in total. The van der Waals surface area contributed by atoms with Crippen molar-refractivity contribution >= 4 is 69.2 Å². The van der Waals surface area contributed by atoms with Crippen LogP contribution in [0.2, 0.25) is 5.02 Å². The molecular formula is C28H25ClN2O4S2. The fourth-order valence-corrected chi connectivity index (χ4v) is 5.14. The number of nitrogens with zero attached hydrogens (tertiary/aromatic N) is 1. The average Bonchev–Trinajstić information content (AvgIpc) is 3.13. The molecule has 1 aliphatic heterocycles. The number of amides is 2. The van der Waals surface area contributed by atoms with Gasteiger partial charge in [-0.3, -0.25) is 14.5 Å². The number of hydrogen-bond donors (Lipinski definition) is 1. The molecule has 0 unspecified atom stereocenters. The van der Waals surface area contributed by atoms with Gasteiger partial charge >= 0.3 is 0 Å². The van der Waals surface area contributed by atoms with Crippen LogP contribution in [0.4, 0.5) is 11.4 Å². The molecule has 0 aromatic heterocycles. The van der Waals surface area contributed by atoms with Gasteiger partial charge in [0.2, 0.25) is 0 Å². The van der Waals surface area contributed by atoms with E-state index in [0.717, 1.165) is 22.4 Å². The first-order valence-electron chi connectivity index (χ1n) is 11.6. The zero-order chi connectivity index (χ0) is 26.5. The summed E-state index contributed by atoms with van der Waals surface area (Å²) in [5.41, 5.74) is 4.06. The van der Waals surface area contributed by atoms with Crippen molar-refractivity contribution in [1.29, 1.82) is 0 Å². The largest absolute Gasteiger partial charge is 0.490 e. The van der Waals surface area contributed by atoms with Gasteiger partial charge in [0.1, 0.15) is 0 Å². The minimum atomic E-state index is -0.322. The Bertz CT molecular complexity index is 1410.